The zero-order chi connectivity index (χ0) is 21.7. The van der Waals surface area contributed by atoms with Gasteiger partial charge in [-0.25, -0.2) is 0 Å². The van der Waals surface area contributed by atoms with Crippen LogP contribution in [0.3, 0.4) is 0 Å². The van der Waals surface area contributed by atoms with Crippen LogP contribution in [0, 0.1) is 52.3 Å². The number of hydrogen-bond acceptors (Lipinski definition) is 3. The average molecular weight is 421 g/mol. The van der Waals surface area contributed by atoms with Crippen molar-refractivity contribution < 1.29 is 15.3 Å². The monoisotopic (exact) mass is 420 g/mol. The van der Waals surface area contributed by atoms with Crippen molar-refractivity contribution in [1.29, 1.82) is 0 Å². The zero-order valence-corrected chi connectivity index (χ0v) is 20.0. The van der Waals surface area contributed by atoms with Crippen molar-refractivity contribution in [3.8, 4) is 0 Å². The summed E-state index contributed by atoms with van der Waals surface area (Å²) in [6.45, 7) is 9.89. The fraction of sp³-hybridized carbons (Fsp3) is 1.00. The van der Waals surface area contributed by atoms with E-state index in [4.69, 9.17) is 0 Å². The molecule has 4 fully saturated rings. The predicted octanol–water partition coefficient (Wildman–Crippen LogP) is 5.41. The van der Waals surface area contributed by atoms with Gasteiger partial charge < -0.3 is 15.3 Å². The Labute approximate surface area is 185 Å². The van der Waals surface area contributed by atoms with Crippen molar-refractivity contribution in [2.24, 2.45) is 52.3 Å². The molecule has 0 aromatic carbocycles. The second-order valence-electron chi connectivity index (χ2n) is 12.7. The van der Waals surface area contributed by atoms with Crippen LogP contribution in [0.5, 0.6) is 0 Å². The highest BCUT2D eigenvalue weighted by molar-refractivity contribution is 5.11. The normalized spacial score (nSPS) is 50.3. The van der Waals surface area contributed by atoms with Crippen LogP contribution in [0.4, 0.5) is 0 Å². The molecule has 0 aromatic heterocycles. The molecule has 174 valence electrons. The van der Waals surface area contributed by atoms with Crippen LogP contribution in [-0.4, -0.2) is 34.1 Å². The Hall–Kier alpha value is -0.120. The summed E-state index contributed by atoms with van der Waals surface area (Å²) in [5.74, 6) is 4.37. The SMILES string of the molecule is C[C@H](CO)CCC[C@H](C)[C@H]1[C@H](O)C[C@H]2[C@@H]3CC[C@H]4C[C@@H](O)CC[C@]4(C)[C@H]3CC[C@]12C. The van der Waals surface area contributed by atoms with Gasteiger partial charge in [0.25, 0.3) is 0 Å². The second kappa shape index (κ2) is 8.67. The van der Waals surface area contributed by atoms with Crippen molar-refractivity contribution in [2.75, 3.05) is 6.61 Å². The molecule has 0 saturated heterocycles. The Balaban J connectivity index is 1.47. The predicted molar refractivity (Wildman–Crippen MR) is 122 cm³/mol. The van der Waals surface area contributed by atoms with E-state index in [0.717, 1.165) is 37.5 Å². The molecular weight excluding hydrogens is 372 g/mol. The minimum absolute atomic E-state index is 0.0689. The van der Waals surface area contributed by atoms with E-state index in [2.05, 4.69) is 27.7 Å². The highest BCUT2D eigenvalue weighted by Gasteiger charge is 2.62. The van der Waals surface area contributed by atoms with E-state index in [-0.39, 0.29) is 12.2 Å². The van der Waals surface area contributed by atoms with E-state index < -0.39 is 0 Å². The van der Waals surface area contributed by atoms with E-state index in [1.165, 1.54) is 44.9 Å². The van der Waals surface area contributed by atoms with Gasteiger partial charge in [0.1, 0.15) is 0 Å². The highest BCUT2D eigenvalue weighted by atomic mass is 16.3. The molecule has 0 unspecified atom stereocenters. The lowest BCUT2D eigenvalue weighted by Gasteiger charge is -2.61. The Kier molecular flexibility index (Phi) is 6.66. The molecule has 4 aliphatic carbocycles. The molecule has 0 aromatic rings. The summed E-state index contributed by atoms with van der Waals surface area (Å²) in [6, 6.07) is 0. The van der Waals surface area contributed by atoms with Gasteiger partial charge in [-0.3, -0.25) is 0 Å². The Morgan fingerprint density at radius 1 is 0.867 bits per heavy atom. The third-order valence-corrected chi connectivity index (χ3v) is 11.0. The van der Waals surface area contributed by atoms with Crippen LogP contribution in [-0.2, 0) is 0 Å². The van der Waals surface area contributed by atoms with E-state index >= 15 is 0 Å². The van der Waals surface area contributed by atoms with Crippen LogP contribution in [0.2, 0.25) is 0 Å². The summed E-state index contributed by atoms with van der Waals surface area (Å²) in [7, 11) is 0. The van der Waals surface area contributed by atoms with Crippen LogP contribution in [0.25, 0.3) is 0 Å². The molecule has 11 atom stereocenters. The van der Waals surface area contributed by atoms with Gasteiger partial charge in [0.15, 0.2) is 0 Å². The van der Waals surface area contributed by atoms with Gasteiger partial charge in [0.2, 0.25) is 0 Å². The van der Waals surface area contributed by atoms with Gasteiger partial charge in [-0.1, -0.05) is 40.5 Å². The van der Waals surface area contributed by atoms with E-state index in [1.54, 1.807) is 0 Å². The molecule has 0 aliphatic heterocycles. The number of hydrogen-bond donors (Lipinski definition) is 3. The molecule has 30 heavy (non-hydrogen) atoms. The Morgan fingerprint density at radius 2 is 1.60 bits per heavy atom. The quantitative estimate of drug-likeness (QED) is 0.538. The third kappa shape index (κ3) is 3.79. The van der Waals surface area contributed by atoms with Crippen molar-refractivity contribution >= 4 is 0 Å². The maximum Gasteiger partial charge on any atom is 0.0579 e. The van der Waals surface area contributed by atoms with E-state index in [9.17, 15) is 15.3 Å². The van der Waals surface area contributed by atoms with Crippen molar-refractivity contribution in [3.05, 3.63) is 0 Å². The minimum Gasteiger partial charge on any atom is -0.396 e. The van der Waals surface area contributed by atoms with Crippen LogP contribution >= 0.6 is 0 Å². The minimum atomic E-state index is -0.136. The maximum absolute atomic E-state index is 11.3. The molecule has 0 spiro atoms. The van der Waals surface area contributed by atoms with Crippen molar-refractivity contribution in [1.82, 2.24) is 0 Å². The van der Waals surface area contributed by atoms with Crippen LogP contribution in [0.1, 0.15) is 98.3 Å². The second-order valence-corrected chi connectivity index (χ2v) is 12.7. The maximum atomic E-state index is 11.3. The van der Waals surface area contributed by atoms with Gasteiger partial charge in [-0.05, 0) is 110 Å². The fourth-order valence-corrected chi connectivity index (χ4v) is 9.38. The first-order chi connectivity index (χ1) is 14.2. The molecule has 3 nitrogen and oxygen atoms in total. The Morgan fingerprint density at radius 3 is 2.33 bits per heavy atom. The smallest absolute Gasteiger partial charge is 0.0579 e. The largest absolute Gasteiger partial charge is 0.396 e. The van der Waals surface area contributed by atoms with Crippen molar-refractivity contribution in [2.45, 2.75) is 111 Å². The lowest BCUT2D eigenvalue weighted by molar-refractivity contribution is -0.130. The molecule has 0 bridgehead atoms. The van der Waals surface area contributed by atoms with Gasteiger partial charge in [0.05, 0.1) is 12.2 Å². The molecular formula is C27H48O3. The van der Waals surface area contributed by atoms with E-state index in [0.29, 0.717) is 47.0 Å². The van der Waals surface area contributed by atoms with Crippen LogP contribution < -0.4 is 0 Å². The topological polar surface area (TPSA) is 60.7 Å². The summed E-state index contributed by atoms with van der Waals surface area (Å²) in [5, 5.41) is 30.8. The summed E-state index contributed by atoms with van der Waals surface area (Å²) in [4.78, 5) is 0. The first-order valence-corrected chi connectivity index (χ1v) is 13.2. The number of fused-ring (bicyclic) bond motifs is 5. The molecule has 0 radical (unpaired) electrons. The molecule has 4 rings (SSSR count). The highest BCUT2D eigenvalue weighted by Crippen LogP contribution is 2.68. The summed E-state index contributed by atoms with van der Waals surface area (Å²) < 4.78 is 0. The molecule has 3 N–H and O–H groups in total. The molecule has 0 amide bonds. The third-order valence-electron chi connectivity index (χ3n) is 11.0. The Bertz CT molecular complexity index is 593. The molecule has 0 heterocycles. The number of aliphatic hydroxyl groups is 3. The summed E-state index contributed by atoms with van der Waals surface area (Å²) >= 11 is 0. The molecule has 3 heteroatoms. The number of rotatable bonds is 6. The van der Waals surface area contributed by atoms with Gasteiger partial charge in [-0.15, -0.1) is 0 Å². The van der Waals surface area contributed by atoms with E-state index in [1.807, 2.05) is 0 Å². The molecule has 4 saturated carbocycles. The van der Waals surface area contributed by atoms with Gasteiger partial charge in [-0.2, -0.15) is 0 Å². The first kappa shape index (κ1) is 23.1. The summed E-state index contributed by atoms with van der Waals surface area (Å²) in [6.07, 6.45) is 12.7. The van der Waals surface area contributed by atoms with Gasteiger partial charge in [0, 0.05) is 6.61 Å². The first-order valence-electron chi connectivity index (χ1n) is 13.2. The van der Waals surface area contributed by atoms with Gasteiger partial charge >= 0.3 is 0 Å². The molecule has 4 aliphatic rings. The standard InChI is InChI=1S/C27H48O3/c1-17(16-28)6-5-7-18(2)25-24(30)15-23-21-9-8-19-14-20(29)10-12-26(19,3)22(21)11-13-27(23,25)4/h17-25,28-30H,5-16H2,1-4H3/t17-,18-,19-,20-,21+,22-,23-,24+,25-,26-,27-/m0/s1. The van der Waals surface area contributed by atoms with Crippen LogP contribution in [0.15, 0.2) is 0 Å². The van der Waals surface area contributed by atoms with Crippen molar-refractivity contribution in [3.63, 3.8) is 0 Å². The number of aliphatic hydroxyl groups excluding tert-OH is 3. The zero-order valence-electron chi connectivity index (χ0n) is 20.0. The summed E-state index contributed by atoms with van der Waals surface area (Å²) in [5.41, 5.74) is 0.707. The lowest BCUT2D eigenvalue weighted by Crippen LogP contribution is -2.54. The lowest BCUT2D eigenvalue weighted by atomic mass is 9.44. The fourth-order valence-electron chi connectivity index (χ4n) is 9.38. The average Bonchev–Trinajstić information content (AvgIpc) is 2.98.